The van der Waals surface area contributed by atoms with E-state index in [4.69, 9.17) is 9.47 Å². The van der Waals surface area contributed by atoms with Gasteiger partial charge in [-0.25, -0.2) is 4.79 Å². The predicted molar refractivity (Wildman–Crippen MR) is 109 cm³/mol. The number of esters is 1. The number of aldehydes is 1. The van der Waals surface area contributed by atoms with Crippen LogP contribution in [0.2, 0.25) is 0 Å². The Hall–Kier alpha value is -3.67. The molecule has 0 aromatic heterocycles. The van der Waals surface area contributed by atoms with Crippen molar-refractivity contribution in [3.8, 4) is 5.75 Å². The Balaban J connectivity index is 1.47. The fraction of sp³-hybridized carbons (Fsp3) is 0.174. The molecule has 0 aliphatic rings. The quantitative estimate of drug-likeness (QED) is 0.470. The molecule has 0 bridgehead atoms. The third kappa shape index (κ3) is 5.42. The standard InChI is InChI=1S/C23H21NO5/c1-16(20-8-4-6-18-5-2-3-7-21(18)20)24-22(26)14-29-23(27)15-28-19-11-9-17(13-25)10-12-19/h2-13,16H,14-15H2,1H3,(H,24,26)/t16-/m1/s1. The first-order valence-electron chi connectivity index (χ1n) is 9.17. The molecule has 6 nitrogen and oxygen atoms in total. The minimum absolute atomic E-state index is 0.236. The highest BCUT2D eigenvalue weighted by Crippen LogP contribution is 2.23. The van der Waals surface area contributed by atoms with Crippen molar-refractivity contribution >= 4 is 28.9 Å². The second kappa shape index (κ2) is 9.50. The Morgan fingerprint density at radius 3 is 2.45 bits per heavy atom. The average Bonchev–Trinajstić information content (AvgIpc) is 2.76. The lowest BCUT2D eigenvalue weighted by molar-refractivity contribution is -0.150. The lowest BCUT2D eigenvalue weighted by Crippen LogP contribution is -2.32. The van der Waals surface area contributed by atoms with Crippen LogP contribution in [-0.2, 0) is 14.3 Å². The zero-order chi connectivity index (χ0) is 20.6. The molecule has 0 unspecified atom stereocenters. The smallest absolute Gasteiger partial charge is 0.344 e. The second-order valence-electron chi connectivity index (χ2n) is 6.49. The van der Waals surface area contributed by atoms with Crippen LogP contribution < -0.4 is 10.1 Å². The van der Waals surface area contributed by atoms with Crippen molar-refractivity contribution in [2.45, 2.75) is 13.0 Å². The maximum absolute atomic E-state index is 12.1. The van der Waals surface area contributed by atoms with Gasteiger partial charge in [-0.2, -0.15) is 0 Å². The maximum atomic E-state index is 12.1. The van der Waals surface area contributed by atoms with E-state index < -0.39 is 11.9 Å². The van der Waals surface area contributed by atoms with Gasteiger partial charge in [-0.05, 0) is 47.5 Å². The van der Waals surface area contributed by atoms with Gasteiger partial charge in [0.05, 0.1) is 6.04 Å². The molecule has 1 N–H and O–H groups in total. The van der Waals surface area contributed by atoms with Gasteiger partial charge in [0.2, 0.25) is 0 Å². The average molecular weight is 391 g/mol. The summed E-state index contributed by atoms with van der Waals surface area (Å²) < 4.78 is 10.2. The Labute approximate surface area is 168 Å². The van der Waals surface area contributed by atoms with Crippen molar-refractivity contribution in [2.24, 2.45) is 0 Å². The second-order valence-corrected chi connectivity index (χ2v) is 6.49. The first kappa shape index (κ1) is 20.1. The van der Waals surface area contributed by atoms with E-state index in [1.165, 1.54) is 0 Å². The van der Waals surface area contributed by atoms with Crippen molar-refractivity contribution in [1.29, 1.82) is 0 Å². The molecule has 1 amide bonds. The minimum atomic E-state index is -0.655. The number of amides is 1. The number of rotatable bonds is 8. The number of ether oxygens (including phenoxy) is 2. The van der Waals surface area contributed by atoms with E-state index >= 15 is 0 Å². The van der Waals surface area contributed by atoms with Crippen LogP contribution in [-0.4, -0.2) is 31.4 Å². The zero-order valence-corrected chi connectivity index (χ0v) is 16.0. The van der Waals surface area contributed by atoms with E-state index in [0.717, 1.165) is 22.6 Å². The molecule has 0 radical (unpaired) electrons. The summed E-state index contributed by atoms with van der Waals surface area (Å²) in [6, 6.07) is 19.9. The van der Waals surface area contributed by atoms with Crippen LogP contribution in [0.4, 0.5) is 0 Å². The predicted octanol–water partition coefficient (Wildman–Crippen LogP) is 3.45. The van der Waals surface area contributed by atoms with Crippen LogP contribution in [0.3, 0.4) is 0 Å². The van der Waals surface area contributed by atoms with Crippen molar-refractivity contribution in [1.82, 2.24) is 5.32 Å². The lowest BCUT2D eigenvalue weighted by atomic mass is 10.00. The first-order chi connectivity index (χ1) is 14.1. The van der Waals surface area contributed by atoms with Crippen LogP contribution in [0.15, 0.2) is 66.7 Å². The number of carbonyl (C=O) groups excluding carboxylic acids is 3. The number of fused-ring (bicyclic) bond motifs is 1. The largest absolute Gasteiger partial charge is 0.482 e. The number of benzene rings is 3. The summed E-state index contributed by atoms with van der Waals surface area (Å²) >= 11 is 0. The highest BCUT2D eigenvalue weighted by molar-refractivity contribution is 5.87. The summed E-state index contributed by atoms with van der Waals surface area (Å²) in [5.41, 5.74) is 1.50. The van der Waals surface area contributed by atoms with E-state index in [2.05, 4.69) is 5.32 Å². The van der Waals surface area contributed by atoms with Gasteiger partial charge in [-0.1, -0.05) is 42.5 Å². The molecule has 148 valence electrons. The van der Waals surface area contributed by atoms with E-state index in [9.17, 15) is 14.4 Å². The van der Waals surface area contributed by atoms with Crippen LogP contribution >= 0.6 is 0 Å². The van der Waals surface area contributed by atoms with Crippen LogP contribution in [0.5, 0.6) is 5.75 Å². The SMILES string of the molecule is C[C@@H](NC(=O)COC(=O)COc1ccc(C=O)cc1)c1cccc2ccccc12. The Kier molecular flexibility index (Phi) is 6.58. The third-order valence-electron chi connectivity index (χ3n) is 4.40. The maximum Gasteiger partial charge on any atom is 0.344 e. The van der Waals surface area contributed by atoms with Gasteiger partial charge < -0.3 is 14.8 Å². The zero-order valence-electron chi connectivity index (χ0n) is 16.0. The summed E-state index contributed by atoms with van der Waals surface area (Å²) in [7, 11) is 0. The van der Waals surface area contributed by atoms with Crippen molar-refractivity contribution in [3.63, 3.8) is 0 Å². The Morgan fingerprint density at radius 2 is 1.69 bits per heavy atom. The van der Waals surface area contributed by atoms with Gasteiger partial charge in [0.15, 0.2) is 13.2 Å². The molecule has 0 saturated heterocycles. The van der Waals surface area contributed by atoms with Crippen molar-refractivity contribution in [2.75, 3.05) is 13.2 Å². The molecule has 3 aromatic rings. The molecule has 0 saturated carbocycles. The molecule has 0 heterocycles. The van der Waals surface area contributed by atoms with Gasteiger partial charge >= 0.3 is 5.97 Å². The molecule has 0 aliphatic carbocycles. The fourth-order valence-electron chi connectivity index (χ4n) is 2.96. The molecular weight excluding hydrogens is 370 g/mol. The third-order valence-corrected chi connectivity index (χ3v) is 4.40. The van der Waals surface area contributed by atoms with Gasteiger partial charge in [-0.15, -0.1) is 0 Å². The van der Waals surface area contributed by atoms with Crippen LogP contribution in [0.1, 0.15) is 28.9 Å². The van der Waals surface area contributed by atoms with Crippen LogP contribution in [0, 0.1) is 0 Å². The number of carbonyl (C=O) groups is 3. The van der Waals surface area contributed by atoms with E-state index in [0.29, 0.717) is 11.3 Å². The normalized spacial score (nSPS) is 11.5. The molecule has 3 aromatic carbocycles. The summed E-state index contributed by atoms with van der Waals surface area (Å²) in [5, 5.41) is 5.00. The molecule has 0 spiro atoms. The molecule has 3 rings (SSSR count). The molecule has 6 heteroatoms. The van der Waals surface area contributed by atoms with Gasteiger partial charge in [0.1, 0.15) is 12.0 Å². The molecule has 0 aliphatic heterocycles. The molecule has 0 fully saturated rings. The fourth-order valence-corrected chi connectivity index (χ4v) is 2.96. The van der Waals surface area contributed by atoms with Gasteiger partial charge in [-0.3, -0.25) is 9.59 Å². The lowest BCUT2D eigenvalue weighted by Gasteiger charge is -2.16. The minimum Gasteiger partial charge on any atom is -0.482 e. The Morgan fingerprint density at radius 1 is 0.966 bits per heavy atom. The van der Waals surface area contributed by atoms with E-state index in [-0.39, 0.29) is 19.3 Å². The molecule has 29 heavy (non-hydrogen) atoms. The monoisotopic (exact) mass is 391 g/mol. The number of hydrogen-bond donors (Lipinski definition) is 1. The highest BCUT2D eigenvalue weighted by Gasteiger charge is 2.14. The molecule has 1 atom stereocenters. The topological polar surface area (TPSA) is 81.7 Å². The summed E-state index contributed by atoms with van der Waals surface area (Å²) in [6.45, 7) is 1.17. The first-order valence-corrected chi connectivity index (χ1v) is 9.17. The van der Waals surface area contributed by atoms with Crippen LogP contribution in [0.25, 0.3) is 10.8 Å². The van der Waals surface area contributed by atoms with Gasteiger partial charge in [0, 0.05) is 5.56 Å². The van der Waals surface area contributed by atoms with E-state index in [1.54, 1.807) is 24.3 Å². The highest BCUT2D eigenvalue weighted by atomic mass is 16.6. The Bertz CT molecular complexity index is 1010. The summed E-state index contributed by atoms with van der Waals surface area (Å²) in [5.74, 6) is -0.617. The van der Waals surface area contributed by atoms with Crippen molar-refractivity contribution < 1.29 is 23.9 Å². The number of nitrogens with one attached hydrogen (secondary N) is 1. The van der Waals surface area contributed by atoms with E-state index in [1.807, 2.05) is 49.4 Å². The summed E-state index contributed by atoms with van der Waals surface area (Å²) in [4.78, 5) is 34.6. The van der Waals surface area contributed by atoms with Crippen molar-refractivity contribution in [3.05, 3.63) is 77.9 Å². The molecular formula is C23H21NO5. The van der Waals surface area contributed by atoms with Gasteiger partial charge in [0.25, 0.3) is 5.91 Å². The number of hydrogen-bond acceptors (Lipinski definition) is 5. The summed E-state index contributed by atoms with van der Waals surface area (Å²) in [6.07, 6.45) is 0.718.